The second-order valence-electron chi connectivity index (χ2n) is 9.32. The lowest BCUT2D eigenvalue weighted by Gasteiger charge is -2.50. The fourth-order valence-corrected chi connectivity index (χ4v) is 4.10. The molecule has 0 radical (unpaired) electrons. The van der Waals surface area contributed by atoms with Gasteiger partial charge in [-0.05, 0) is 39.0 Å². The van der Waals surface area contributed by atoms with Crippen LogP contribution in [0.25, 0.3) is 11.3 Å². The van der Waals surface area contributed by atoms with E-state index in [1.54, 1.807) is 45.0 Å². The van der Waals surface area contributed by atoms with Crippen molar-refractivity contribution < 1.29 is 28.2 Å². The number of piperidine rings is 1. The minimum atomic E-state index is -3.56. The molecule has 32 heavy (non-hydrogen) atoms. The summed E-state index contributed by atoms with van der Waals surface area (Å²) in [4.78, 5) is 18.0. The molecule has 2 aromatic rings. The van der Waals surface area contributed by atoms with Crippen molar-refractivity contribution in [1.29, 1.82) is 0 Å². The Morgan fingerprint density at radius 1 is 1.25 bits per heavy atom. The molecule has 1 spiro atoms. The maximum atomic E-state index is 15.5. The number of ether oxygens (including phenoxy) is 2. The summed E-state index contributed by atoms with van der Waals surface area (Å²) in [5.41, 5.74) is 4.76. The van der Waals surface area contributed by atoms with E-state index in [0.717, 1.165) is 0 Å². The van der Waals surface area contributed by atoms with E-state index in [9.17, 15) is 9.90 Å². The van der Waals surface area contributed by atoms with Crippen molar-refractivity contribution in [3.8, 4) is 17.0 Å². The predicted octanol–water partition coefficient (Wildman–Crippen LogP) is 4.16. The van der Waals surface area contributed by atoms with Gasteiger partial charge in [-0.15, -0.1) is 0 Å². The van der Waals surface area contributed by atoms with Crippen molar-refractivity contribution in [2.75, 3.05) is 18.8 Å². The van der Waals surface area contributed by atoms with Crippen LogP contribution in [0.1, 0.15) is 45.3 Å². The van der Waals surface area contributed by atoms with E-state index in [-0.39, 0.29) is 37.2 Å². The molecule has 9 heteroatoms. The van der Waals surface area contributed by atoms with Crippen LogP contribution in [0, 0.1) is 0 Å². The van der Waals surface area contributed by atoms with Crippen molar-refractivity contribution in [2.45, 2.75) is 56.8 Å². The lowest BCUT2D eigenvalue weighted by Crippen LogP contribution is -2.63. The molecule has 0 saturated carbocycles. The van der Waals surface area contributed by atoms with Crippen LogP contribution >= 0.6 is 0 Å². The Bertz CT molecular complexity index is 1010. The number of carbonyl (C=O) groups excluding carboxylic acids is 1. The molecule has 1 saturated heterocycles. The summed E-state index contributed by atoms with van der Waals surface area (Å²) in [6.07, 6.45) is -1.54. The number of amides is 1. The van der Waals surface area contributed by atoms with Gasteiger partial charge in [-0.25, -0.2) is 4.79 Å². The number of hydrogen-bond donors (Lipinski definition) is 2. The molecule has 1 aromatic carbocycles. The average Bonchev–Trinajstić information content (AvgIpc) is 2.72. The van der Waals surface area contributed by atoms with E-state index < -0.39 is 29.3 Å². The van der Waals surface area contributed by atoms with Crippen molar-refractivity contribution in [1.82, 2.24) is 9.88 Å². The van der Waals surface area contributed by atoms with Crippen LogP contribution in [0.15, 0.2) is 36.5 Å². The Morgan fingerprint density at radius 3 is 2.47 bits per heavy atom. The molecular formula is C23H27F2N3O4. The number of hydrogen-bond acceptors (Lipinski definition) is 6. The quantitative estimate of drug-likeness (QED) is 0.637. The van der Waals surface area contributed by atoms with E-state index in [4.69, 9.17) is 15.2 Å². The van der Waals surface area contributed by atoms with E-state index in [1.807, 2.05) is 0 Å². The number of aromatic nitrogens is 1. The van der Waals surface area contributed by atoms with Gasteiger partial charge in [0.15, 0.2) is 11.7 Å². The van der Waals surface area contributed by atoms with Crippen molar-refractivity contribution >= 4 is 11.8 Å². The number of aliphatic hydroxyl groups excluding tert-OH is 1. The number of fused-ring (bicyclic) bond motifs is 1. The van der Waals surface area contributed by atoms with Crippen molar-refractivity contribution in [3.05, 3.63) is 42.1 Å². The van der Waals surface area contributed by atoms with Gasteiger partial charge in [-0.2, -0.15) is 8.78 Å². The largest absolute Gasteiger partial charge is 0.479 e. The van der Waals surface area contributed by atoms with E-state index >= 15 is 8.78 Å². The zero-order valence-corrected chi connectivity index (χ0v) is 18.3. The molecular weight excluding hydrogens is 420 g/mol. The number of pyridine rings is 1. The highest BCUT2D eigenvalue weighted by atomic mass is 19.3. The number of rotatable bonds is 1. The fraction of sp³-hybridized carbons (Fsp3) is 0.478. The summed E-state index contributed by atoms with van der Waals surface area (Å²) >= 11 is 0. The topological polar surface area (TPSA) is 97.9 Å². The Balaban J connectivity index is 1.58. The Hall–Kier alpha value is -2.94. The summed E-state index contributed by atoms with van der Waals surface area (Å²) in [5.74, 6) is -3.44. The third-order valence-electron chi connectivity index (χ3n) is 5.88. The zero-order chi connectivity index (χ0) is 23.3. The van der Waals surface area contributed by atoms with Gasteiger partial charge in [0.1, 0.15) is 11.4 Å². The van der Waals surface area contributed by atoms with Crippen LogP contribution < -0.4 is 10.5 Å². The molecule has 3 N–H and O–H groups in total. The number of anilines is 1. The molecule has 4 rings (SSSR count). The third-order valence-corrected chi connectivity index (χ3v) is 5.88. The molecule has 0 aliphatic carbocycles. The number of benzene rings is 1. The molecule has 1 atom stereocenters. The molecule has 1 fully saturated rings. The maximum absolute atomic E-state index is 15.5. The Morgan fingerprint density at radius 2 is 1.88 bits per heavy atom. The molecule has 1 unspecified atom stereocenters. The zero-order valence-electron chi connectivity index (χ0n) is 18.3. The molecule has 2 aliphatic heterocycles. The van der Waals surface area contributed by atoms with Gasteiger partial charge < -0.3 is 25.2 Å². The standard InChI is InChI=1S/C23H27F2N3O4/c1-21(2,3)32-20(30)28-10-8-22(9-11-28)23(24,25)19(29)16-12-17(27-13-18(16)31-22)14-4-6-15(26)7-5-14/h4-7,12-13,19,29H,8-11,26H2,1-3H3. The first-order valence-corrected chi connectivity index (χ1v) is 10.5. The van der Waals surface area contributed by atoms with E-state index in [2.05, 4.69) is 4.98 Å². The highest BCUT2D eigenvalue weighted by Crippen LogP contribution is 2.53. The number of likely N-dealkylation sites (tertiary alicyclic amines) is 1. The first-order valence-electron chi connectivity index (χ1n) is 10.5. The molecule has 0 bridgehead atoms. The minimum Gasteiger partial charge on any atom is -0.479 e. The van der Waals surface area contributed by atoms with E-state index in [0.29, 0.717) is 16.9 Å². The van der Waals surface area contributed by atoms with Crippen LogP contribution in [0.4, 0.5) is 19.3 Å². The number of nitrogen functional groups attached to an aromatic ring is 1. The fourth-order valence-electron chi connectivity index (χ4n) is 4.10. The van der Waals surface area contributed by atoms with Gasteiger partial charge in [0.2, 0.25) is 0 Å². The average molecular weight is 447 g/mol. The SMILES string of the molecule is CC(C)(C)OC(=O)N1CCC2(CC1)Oc1cnc(-c3ccc(N)cc3)cc1C(O)C2(F)F. The number of alkyl halides is 2. The lowest BCUT2D eigenvalue weighted by atomic mass is 9.78. The Labute approximate surface area is 185 Å². The number of carbonyl (C=O) groups is 1. The first kappa shape index (κ1) is 22.3. The Kier molecular flexibility index (Phi) is 5.27. The summed E-state index contributed by atoms with van der Waals surface area (Å²) < 4.78 is 42.1. The maximum Gasteiger partial charge on any atom is 0.410 e. The van der Waals surface area contributed by atoms with Crippen molar-refractivity contribution in [3.63, 3.8) is 0 Å². The van der Waals surface area contributed by atoms with Gasteiger partial charge in [0, 0.05) is 42.7 Å². The second kappa shape index (κ2) is 7.58. The summed E-state index contributed by atoms with van der Waals surface area (Å²) in [5, 5.41) is 10.7. The number of aliphatic hydroxyl groups is 1. The molecule has 172 valence electrons. The first-order chi connectivity index (χ1) is 14.9. The molecule has 1 aromatic heterocycles. The number of nitrogens with zero attached hydrogens (tertiary/aromatic N) is 2. The van der Waals surface area contributed by atoms with Crippen LogP contribution in [0.2, 0.25) is 0 Å². The van der Waals surface area contributed by atoms with E-state index in [1.165, 1.54) is 17.2 Å². The smallest absolute Gasteiger partial charge is 0.410 e. The van der Waals surface area contributed by atoms with Gasteiger partial charge in [-0.1, -0.05) is 12.1 Å². The third kappa shape index (κ3) is 3.85. The molecule has 2 aliphatic rings. The van der Waals surface area contributed by atoms with Gasteiger partial charge in [0.05, 0.1) is 11.9 Å². The van der Waals surface area contributed by atoms with Crippen LogP contribution in [-0.4, -0.2) is 51.3 Å². The highest BCUT2D eigenvalue weighted by Gasteiger charge is 2.64. The highest BCUT2D eigenvalue weighted by molar-refractivity contribution is 5.68. The lowest BCUT2D eigenvalue weighted by molar-refractivity contribution is -0.247. The van der Waals surface area contributed by atoms with Crippen molar-refractivity contribution in [2.24, 2.45) is 0 Å². The van der Waals surface area contributed by atoms with Crippen LogP contribution in [0.3, 0.4) is 0 Å². The van der Waals surface area contributed by atoms with Gasteiger partial charge in [0.25, 0.3) is 0 Å². The summed E-state index contributed by atoms with van der Waals surface area (Å²) in [6.45, 7) is 5.29. The van der Waals surface area contributed by atoms with Gasteiger partial charge in [-0.3, -0.25) is 4.98 Å². The monoisotopic (exact) mass is 447 g/mol. The number of nitrogens with two attached hydrogens (primary N) is 1. The number of halogens is 2. The molecule has 3 heterocycles. The minimum absolute atomic E-state index is 0.0166. The van der Waals surface area contributed by atoms with Crippen LogP contribution in [0.5, 0.6) is 5.75 Å². The molecule has 1 amide bonds. The van der Waals surface area contributed by atoms with Crippen LogP contribution in [-0.2, 0) is 4.74 Å². The predicted molar refractivity (Wildman–Crippen MR) is 114 cm³/mol. The second-order valence-corrected chi connectivity index (χ2v) is 9.32. The molecule has 7 nitrogen and oxygen atoms in total. The summed E-state index contributed by atoms with van der Waals surface area (Å²) in [7, 11) is 0. The summed E-state index contributed by atoms with van der Waals surface area (Å²) in [6, 6.07) is 8.25. The van der Waals surface area contributed by atoms with Gasteiger partial charge >= 0.3 is 12.0 Å². The normalized spacial score (nSPS) is 21.6.